The second-order valence-electron chi connectivity index (χ2n) is 6.16. The molecule has 2 amide bonds. The fourth-order valence-corrected chi connectivity index (χ4v) is 3.32. The van der Waals surface area contributed by atoms with Crippen molar-refractivity contribution in [3.63, 3.8) is 0 Å². The van der Waals surface area contributed by atoms with Gasteiger partial charge in [-0.3, -0.25) is 5.32 Å². The van der Waals surface area contributed by atoms with Crippen molar-refractivity contribution >= 4 is 11.8 Å². The van der Waals surface area contributed by atoms with Gasteiger partial charge in [-0.05, 0) is 19.3 Å². The lowest BCUT2D eigenvalue weighted by Crippen LogP contribution is -2.40. The first-order valence-corrected chi connectivity index (χ1v) is 8.37. The summed E-state index contributed by atoms with van der Waals surface area (Å²) in [5.41, 5.74) is 0.916. The van der Waals surface area contributed by atoms with Gasteiger partial charge in [-0.15, -0.1) is 0 Å². The van der Waals surface area contributed by atoms with Crippen molar-refractivity contribution in [2.24, 2.45) is 0 Å². The predicted octanol–water partition coefficient (Wildman–Crippen LogP) is 3.45. The normalized spacial score (nSPS) is 19.7. The number of rotatable bonds is 4. The van der Waals surface area contributed by atoms with E-state index < -0.39 is 0 Å². The van der Waals surface area contributed by atoms with Crippen molar-refractivity contribution in [2.75, 3.05) is 5.32 Å². The molecule has 2 atom stereocenters. The third kappa shape index (κ3) is 3.40. The third-order valence-corrected chi connectivity index (χ3v) is 4.51. The molecular weight excluding hydrogens is 318 g/mol. The van der Waals surface area contributed by atoms with Crippen LogP contribution in [0.15, 0.2) is 59.6 Å². The van der Waals surface area contributed by atoms with E-state index in [1.807, 2.05) is 36.5 Å². The van der Waals surface area contributed by atoms with E-state index in [2.05, 4.69) is 25.3 Å². The van der Waals surface area contributed by atoms with Gasteiger partial charge in [0.25, 0.3) is 0 Å². The van der Waals surface area contributed by atoms with Crippen LogP contribution in [0, 0.1) is 0 Å². The molecule has 0 unspecified atom stereocenters. The highest BCUT2D eigenvalue weighted by molar-refractivity contribution is 5.89. The molecule has 2 heterocycles. The van der Waals surface area contributed by atoms with Crippen molar-refractivity contribution in [2.45, 2.75) is 31.3 Å². The minimum absolute atomic E-state index is 0.0784. The molecule has 3 aromatic rings. The Kier molecular flexibility index (Phi) is 4.20. The van der Waals surface area contributed by atoms with Gasteiger partial charge >= 0.3 is 6.03 Å². The number of nitrogens with zero attached hydrogens (tertiary/aromatic N) is 3. The average Bonchev–Trinajstić information content (AvgIpc) is 3.37. The molecule has 1 aromatic carbocycles. The first-order chi connectivity index (χ1) is 12.3. The van der Waals surface area contributed by atoms with Crippen LogP contribution < -0.4 is 10.6 Å². The van der Waals surface area contributed by atoms with Crippen LogP contribution in [0.2, 0.25) is 0 Å². The van der Waals surface area contributed by atoms with Gasteiger partial charge < -0.3 is 14.4 Å². The average molecular weight is 337 g/mol. The van der Waals surface area contributed by atoms with E-state index in [1.165, 1.54) is 0 Å². The predicted molar refractivity (Wildman–Crippen MR) is 93.0 cm³/mol. The van der Waals surface area contributed by atoms with Crippen LogP contribution in [0.1, 0.15) is 25.3 Å². The second kappa shape index (κ2) is 6.80. The third-order valence-electron chi connectivity index (χ3n) is 4.51. The van der Waals surface area contributed by atoms with Crippen molar-refractivity contribution < 1.29 is 9.32 Å². The molecule has 25 heavy (non-hydrogen) atoms. The largest absolute Gasteiger partial charge is 0.354 e. The summed E-state index contributed by atoms with van der Waals surface area (Å²) in [6.07, 6.45) is 8.55. The molecule has 1 saturated carbocycles. The lowest BCUT2D eigenvalue weighted by atomic mass is 10.2. The summed E-state index contributed by atoms with van der Waals surface area (Å²) in [5.74, 6) is 1.02. The van der Waals surface area contributed by atoms with Crippen molar-refractivity contribution in [3.8, 4) is 11.3 Å². The topological polar surface area (TPSA) is 85.0 Å². The molecule has 7 heteroatoms. The highest BCUT2D eigenvalue weighted by atomic mass is 16.5. The van der Waals surface area contributed by atoms with Crippen LogP contribution in [-0.2, 0) is 0 Å². The molecule has 4 rings (SSSR count). The molecule has 1 fully saturated rings. The van der Waals surface area contributed by atoms with Gasteiger partial charge in [-0.2, -0.15) is 0 Å². The standard InChI is InChI=1S/C18H19N5O2/c24-18(20-14-7-4-8-15(14)23-10-9-19-12-23)21-17-11-16(25-22-17)13-5-2-1-3-6-13/h1-3,5-6,9-12,14-15H,4,7-8H2,(H2,20,21,22,24)/t14-,15+/m1/s1. The number of benzene rings is 1. The molecule has 0 bridgehead atoms. The summed E-state index contributed by atoms with van der Waals surface area (Å²) in [6, 6.07) is 11.4. The monoisotopic (exact) mass is 337 g/mol. The fourth-order valence-electron chi connectivity index (χ4n) is 3.32. The summed E-state index contributed by atoms with van der Waals surface area (Å²) < 4.78 is 7.35. The lowest BCUT2D eigenvalue weighted by Gasteiger charge is -2.21. The van der Waals surface area contributed by atoms with Crippen molar-refractivity contribution in [3.05, 3.63) is 55.1 Å². The number of carbonyl (C=O) groups is 1. The highest BCUT2D eigenvalue weighted by Gasteiger charge is 2.29. The van der Waals surface area contributed by atoms with E-state index >= 15 is 0 Å². The van der Waals surface area contributed by atoms with E-state index in [1.54, 1.807) is 18.6 Å². The number of anilines is 1. The van der Waals surface area contributed by atoms with Crippen LogP contribution in [0.3, 0.4) is 0 Å². The van der Waals surface area contributed by atoms with Crippen LogP contribution in [-0.4, -0.2) is 26.8 Å². The lowest BCUT2D eigenvalue weighted by molar-refractivity contribution is 0.245. The Bertz CT molecular complexity index is 828. The number of aromatic nitrogens is 3. The van der Waals surface area contributed by atoms with Crippen LogP contribution >= 0.6 is 0 Å². The number of imidazole rings is 1. The Hall–Kier alpha value is -3.09. The molecule has 0 aliphatic heterocycles. The highest BCUT2D eigenvalue weighted by Crippen LogP contribution is 2.30. The van der Waals surface area contributed by atoms with Gasteiger partial charge in [0.05, 0.1) is 18.4 Å². The Balaban J connectivity index is 1.39. The summed E-state index contributed by atoms with van der Waals surface area (Å²) in [7, 11) is 0. The number of hydrogen-bond acceptors (Lipinski definition) is 4. The van der Waals surface area contributed by atoms with Gasteiger partial charge in [0.1, 0.15) is 0 Å². The molecule has 128 valence electrons. The van der Waals surface area contributed by atoms with E-state index in [0.29, 0.717) is 11.6 Å². The van der Waals surface area contributed by atoms with Gasteiger partial charge in [0, 0.05) is 24.0 Å². The molecule has 1 aliphatic rings. The van der Waals surface area contributed by atoms with Crippen molar-refractivity contribution in [1.29, 1.82) is 0 Å². The van der Waals surface area contributed by atoms with Gasteiger partial charge in [-0.1, -0.05) is 35.5 Å². The van der Waals surface area contributed by atoms with E-state index in [4.69, 9.17) is 4.52 Å². The summed E-state index contributed by atoms with van der Waals surface area (Å²) in [4.78, 5) is 16.4. The first-order valence-electron chi connectivity index (χ1n) is 8.37. The second-order valence-corrected chi connectivity index (χ2v) is 6.16. The minimum Gasteiger partial charge on any atom is -0.354 e. The molecule has 2 N–H and O–H groups in total. The van der Waals surface area contributed by atoms with E-state index in [-0.39, 0.29) is 18.1 Å². The Morgan fingerprint density at radius 3 is 2.92 bits per heavy atom. The number of nitrogens with one attached hydrogen (secondary N) is 2. The van der Waals surface area contributed by atoms with Crippen molar-refractivity contribution in [1.82, 2.24) is 20.0 Å². The van der Waals surface area contributed by atoms with Crippen LogP contribution in [0.5, 0.6) is 0 Å². The summed E-state index contributed by atoms with van der Waals surface area (Å²) in [6.45, 7) is 0. The summed E-state index contributed by atoms with van der Waals surface area (Å²) in [5, 5.41) is 9.69. The van der Waals surface area contributed by atoms with Gasteiger partial charge in [0.15, 0.2) is 11.6 Å². The molecule has 0 saturated heterocycles. The maximum absolute atomic E-state index is 12.3. The number of hydrogen-bond donors (Lipinski definition) is 2. The summed E-state index contributed by atoms with van der Waals surface area (Å²) >= 11 is 0. The maximum atomic E-state index is 12.3. The Morgan fingerprint density at radius 2 is 2.12 bits per heavy atom. The van der Waals surface area contributed by atoms with Gasteiger partial charge in [0.2, 0.25) is 0 Å². The SMILES string of the molecule is O=C(Nc1cc(-c2ccccc2)on1)N[C@@H]1CCC[C@@H]1n1ccnc1. The fraction of sp³-hybridized carbons (Fsp3) is 0.278. The molecule has 2 aromatic heterocycles. The van der Waals surface area contributed by atoms with E-state index in [0.717, 1.165) is 24.8 Å². The smallest absolute Gasteiger partial charge is 0.320 e. The first kappa shape index (κ1) is 15.4. The Morgan fingerprint density at radius 1 is 1.24 bits per heavy atom. The van der Waals surface area contributed by atoms with Crippen LogP contribution in [0.25, 0.3) is 11.3 Å². The van der Waals surface area contributed by atoms with Gasteiger partial charge in [-0.25, -0.2) is 9.78 Å². The zero-order valence-electron chi connectivity index (χ0n) is 13.6. The minimum atomic E-state index is -0.273. The molecular formula is C18H19N5O2. The molecule has 7 nitrogen and oxygen atoms in total. The molecule has 1 aliphatic carbocycles. The quantitative estimate of drug-likeness (QED) is 0.763. The zero-order chi connectivity index (χ0) is 17.1. The molecule has 0 radical (unpaired) electrons. The zero-order valence-corrected chi connectivity index (χ0v) is 13.6. The van der Waals surface area contributed by atoms with E-state index in [9.17, 15) is 4.79 Å². The number of carbonyl (C=O) groups excluding carboxylic acids is 1. The maximum Gasteiger partial charge on any atom is 0.320 e. The number of amides is 2. The van der Waals surface area contributed by atoms with Crippen LogP contribution in [0.4, 0.5) is 10.6 Å². The Labute approximate surface area is 145 Å². The number of urea groups is 1. The molecule has 0 spiro atoms.